The fourth-order valence-electron chi connectivity index (χ4n) is 7.84. The maximum Gasteiger partial charge on any atom is 0.417 e. The average Bonchev–Trinajstić information content (AvgIpc) is 3.74. The molecule has 0 unspecified atom stereocenters. The summed E-state index contributed by atoms with van der Waals surface area (Å²) in [4.78, 5) is 57.6. The van der Waals surface area contributed by atoms with Crippen molar-refractivity contribution in [1.29, 1.82) is 5.26 Å². The van der Waals surface area contributed by atoms with E-state index in [1.165, 1.54) is 11.0 Å². The number of hydrogen-bond donors (Lipinski definition) is 2. The van der Waals surface area contributed by atoms with Gasteiger partial charge in [0.25, 0.3) is 5.91 Å². The topological polar surface area (TPSA) is 162 Å². The molecule has 0 saturated carbocycles. The van der Waals surface area contributed by atoms with Crippen LogP contribution < -0.4 is 19.9 Å². The molecule has 0 bridgehead atoms. The van der Waals surface area contributed by atoms with E-state index in [4.69, 9.17) is 38.0 Å². The largest absolute Gasteiger partial charge is 0.494 e. The number of nitrogens with zero attached hydrogens (tertiary/aromatic N) is 4. The molecule has 5 rings (SSSR count). The molecule has 3 atom stereocenters. The average molecular weight is 957 g/mol. The van der Waals surface area contributed by atoms with Gasteiger partial charge in [-0.05, 0) is 117 Å². The number of carbonyl (C=O) groups excluding carboxylic acids is 4. The number of carbonyl (C=O) groups is 4. The smallest absolute Gasteiger partial charge is 0.417 e. The summed E-state index contributed by atoms with van der Waals surface area (Å²) in [6, 6.07) is 17.7. The third kappa shape index (κ3) is 13.3. The molecule has 3 aromatic carbocycles. The van der Waals surface area contributed by atoms with Crippen LogP contribution in [0, 0.1) is 22.7 Å². The molecule has 13 nitrogen and oxygen atoms in total. The normalized spacial score (nSPS) is 17.8. The standard InChI is InChI=1S/C48H57ClF3N5O8S/c1-46(2,3)40(43(61)55-29-36(58)26-41(55)42(60)54-28-31-10-13-33(49)14-11-31)25-37(59)30-64-22-9-21-63-20-7-6-8-23-65-38-18-16-34(17-19-38)57-45(66)56(44(62)47(57,4)5)35-15-12-32(27-53)39(24-35)48(50,51)52/h10-19,24,36,40-41,58H,6-9,20-23,25-26,28-30H2,1-5H3,(H,54,60)/t36-,40-,41+/m1/s1. The summed E-state index contributed by atoms with van der Waals surface area (Å²) < 4.78 is 58.3. The first-order valence-electron chi connectivity index (χ1n) is 21.8. The van der Waals surface area contributed by atoms with Gasteiger partial charge in [-0.25, -0.2) is 0 Å². The highest BCUT2D eigenvalue weighted by molar-refractivity contribution is 7.81. The summed E-state index contributed by atoms with van der Waals surface area (Å²) in [5, 5.41) is 23.1. The van der Waals surface area contributed by atoms with Gasteiger partial charge in [0.05, 0.1) is 35.6 Å². The molecule has 0 aliphatic carbocycles. The van der Waals surface area contributed by atoms with Crippen molar-refractivity contribution >= 4 is 63.8 Å². The highest BCUT2D eigenvalue weighted by Gasteiger charge is 2.51. The van der Waals surface area contributed by atoms with Gasteiger partial charge >= 0.3 is 6.18 Å². The van der Waals surface area contributed by atoms with Gasteiger partial charge in [0, 0.05) is 62.4 Å². The number of benzene rings is 3. The minimum atomic E-state index is -4.80. The fourth-order valence-corrected chi connectivity index (χ4v) is 8.49. The molecule has 2 aliphatic heterocycles. The van der Waals surface area contributed by atoms with Crippen molar-refractivity contribution < 1.29 is 51.7 Å². The van der Waals surface area contributed by atoms with E-state index in [1.54, 1.807) is 73.3 Å². The molecule has 0 aromatic heterocycles. The molecular weight excluding hydrogens is 899 g/mol. The summed E-state index contributed by atoms with van der Waals surface area (Å²) in [6.07, 6.45) is -2.61. The molecule has 2 saturated heterocycles. The van der Waals surface area contributed by atoms with Crippen LogP contribution >= 0.6 is 23.8 Å². The lowest BCUT2D eigenvalue weighted by Gasteiger charge is -2.34. The third-order valence-corrected chi connectivity index (χ3v) is 12.1. The number of nitrogens with one attached hydrogen (secondary N) is 1. The summed E-state index contributed by atoms with van der Waals surface area (Å²) in [5.74, 6) is -1.60. The molecule has 2 N–H and O–H groups in total. The van der Waals surface area contributed by atoms with Crippen molar-refractivity contribution in [2.24, 2.45) is 11.3 Å². The van der Waals surface area contributed by atoms with Crippen molar-refractivity contribution in [2.45, 2.75) is 104 Å². The quantitative estimate of drug-likeness (QED) is 0.0786. The summed E-state index contributed by atoms with van der Waals surface area (Å²) >= 11 is 11.6. The number of ether oxygens (including phenoxy) is 3. The first-order chi connectivity index (χ1) is 31.1. The molecule has 3 aromatic rings. The summed E-state index contributed by atoms with van der Waals surface area (Å²) in [5.41, 5.74) is -2.20. The molecule has 0 spiro atoms. The molecule has 356 valence electrons. The van der Waals surface area contributed by atoms with E-state index in [1.807, 2.05) is 20.8 Å². The van der Waals surface area contributed by atoms with E-state index in [2.05, 4.69) is 5.32 Å². The Hall–Kier alpha value is -5.12. The SMILES string of the molecule is CC(C)(C)[C@H](CC(=O)COCCCOCCCCCOc1ccc(N2C(=S)N(c3ccc(C#N)c(C(F)(F)F)c3)C(=O)C2(C)C)cc1)C(=O)N1C[C@H](O)C[C@H]1C(=O)NCc1ccc(Cl)cc1. The zero-order valence-electron chi connectivity index (χ0n) is 37.8. The van der Waals surface area contributed by atoms with Crippen LogP contribution in [0.25, 0.3) is 0 Å². The second kappa shape index (κ2) is 22.6. The van der Waals surface area contributed by atoms with E-state index in [-0.39, 0.29) is 60.9 Å². The number of amides is 3. The highest BCUT2D eigenvalue weighted by Crippen LogP contribution is 2.40. The molecule has 2 aliphatic rings. The van der Waals surface area contributed by atoms with Crippen LogP contribution in [-0.4, -0.2) is 95.9 Å². The van der Waals surface area contributed by atoms with E-state index in [0.717, 1.165) is 41.9 Å². The zero-order valence-corrected chi connectivity index (χ0v) is 39.4. The van der Waals surface area contributed by atoms with E-state index in [0.29, 0.717) is 49.3 Å². The number of ketones is 1. The number of Topliss-reactive ketones (excluding diaryl/α,β-unsaturated/α-hetero) is 1. The monoisotopic (exact) mass is 955 g/mol. The number of halogens is 4. The second-order valence-electron chi connectivity index (χ2n) is 18.0. The van der Waals surface area contributed by atoms with Crippen LogP contribution in [-0.2, 0) is 41.4 Å². The minimum absolute atomic E-state index is 0.00262. The molecule has 0 radical (unpaired) electrons. The van der Waals surface area contributed by atoms with Crippen LogP contribution in [0.15, 0.2) is 66.7 Å². The number of anilines is 2. The van der Waals surface area contributed by atoms with Gasteiger partial charge in [-0.1, -0.05) is 44.5 Å². The van der Waals surface area contributed by atoms with Crippen LogP contribution in [0.2, 0.25) is 5.02 Å². The van der Waals surface area contributed by atoms with Gasteiger partial charge < -0.3 is 34.4 Å². The Balaban J connectivity index is 0.962. The summed E-state index contributed by atoms with van der Waals surface area (Å²) in [7, 11) is 0. The van der Waals surface area contributed by atoms with Gasteiger partial charge in [0.1, 0.15) is 23.9 Å². The van der Waals surface area contributed by atoms with E-state index < -0.39 is 52.2 Å². The number of unbranched alkanes of at least 4 members (excludes halogenated alkanes) is 2. The molecular formula is C48H57ClF3N5O8S. The zero-order chi connectivity index (χ0) is 48.4. The molecule has 18 heteroatoms. The van der Waals surface area contributed by atoms with Gasteiger partial charge in [0.2, 0.25) is 11.8 Å². The van der Waals surface area contributed by atoms with Crippen molar-refractivity contribution in [2.75, 3.05) is 49.4 Å². The first-order valence-corrected chi connectivity index (χ1v) is 22.6. The fraction of sp³-hybridized carbons (Fsp3) is 0.500. The van der Waals surface area contributed by atoms with Gasteiger partial charge in [-0.15, -0.1) is 0 Å². The maximum absolute atomic E-state index is 13.9. The predicted molar refractivity (Wildman–Crippen MR) is 247 cm³/mol. The van der Waals surface area contributed by atoms with Crippen molar-refractivity contribution in [1.82, 2.24) is 10.2 Å². The molecule has 3 amide bonds. The molecule has 2 fully saturated rings. The number of alkyl halides is 3. The Kier molecular flexibility index (Phi) is 17.7. The number of nitriles is 1. The van der Waals surface area contributed by atoms with E-state index in [9.17, 15) is 42.7 Å². The number of thiocarbonyl (C=S) groups is 1. The Morgan fingerprint density at radius 3 is 2.23 bits per heavy atom. The van der Waals surface area contributed by atoms with Gasteiger partial charge in [-0.2, -0.15) is 18.4 Å². The lowest BCUT2D eigenvalue weighted by atomic mass is 9.77. The first kappa shape index (κ1) is 51.9. The van der Waals surface area contributed by atoms with Gasteiger partial charge in [0.15, 0.2) is 10.9 Å². The second-order valence-corrected chi connectivity index (χ2v) is 18.8. The van der Waals surface area contributed by atoms with Crippen molar-refractivity contribution in [3.8, 4) is 11.8 Å². The van der Waals surface area contributed by atoms with Crippen LogP contribution in [0.4, 0.5) is 24.5 Å². The predicted octanol–water partition coefficient (Wildman–Crippen LogP) is 8.02. The maximum atomic E-state index is 13.9. The lowest BCUT2D eigenvalue weighted by molar-refractivity contribution is -0.146. The Labute approximate surface area is 394 Å². The molecule has 66 heavy (non-hydrogen) atoms. The van der Waals surface area contributed by atoms with E-state index >= 15 is 0 Å². The van der Waals surface area contributed by atoms with Gasteiger partial charge in [-0.3, -0.25) is 24.1 Å². The number of hydrogen-bond acceptors (Lipinski definition) is 10. The lowest BCUT2D eigenvalue weighted by Crippen LogP contribution is -2.50. The summed E-state index contributed by atoms with van der Waals surface area (Å²) in [6.45, 7) is 10.7. The Bertz CT molecular complexity index is 2250. The highest BCUT2D eigenvalue weighted by atomic mass is 35.5. The number of β-amino-alcohol motifs (C(OH)–C–C–N with tert-alkyl or cyclic N) is 1. The number of rotatable bonds is 21. The third-order valence-electron chi connectivity index (χ3n) is 11.5. The van der Waals surface area contributed by atoms with Crippen molar-refractivity contribution in [3.63, 3.8) is 0 Å². The van der Waals surface area contributed by atoms with Crippen LogP contribution in [0.1, 0.15) is 89.8 Å². The number of aliphatic hydroxyl groups excluding tert-OH is 1. The Morgan fingerprint density at radius 1 is 0.939 bits per heavy atom. The van der Waals surface area contributed by atoms with Crippen LogP contribution in [0.5, 0.6) is 5.75 Å². The minimum Gasteiger partial charge on any atom is -0.494 e. The Morgan fingerprint density at radius 2 is 1.58 bits per heavy atom. The number of likely N-dealkylation sites (tertiary alicyclic amines) is 1. The van der Waals surface area contributed by atoms with Crippen LogP contribution in [0.3, 0.4) is 0 Å². The molecule has 2 heterocycles. The van der Waals surface area contributed by atoms with Crippen molar-refractivity contribution in [3.05, 3.63) is 88.4 Å². The number of aliphatic hydroxyl groups is 1.